The normalized spacial score (nSPS) is 11.7. The molecule has 0 heterocycles. The van der Waals surface area contributed by atoms with Crippen LogP contribution in [0.4, 0.5) is 4.39 Å². The van der Waals surface area contributed by atoms with Crippen LogP contribution < -0.4 is 0 Å². The standard InChI is InChI=1S/C16H11BrFNO/c17-14-5-1-12(2-6-14)16(20)9-13(10-19)11-3-7-15(18)8-4-11/h1-8,13H,9H2/t13-/m0/s1. The minimum atomic E-state index is -0.563. The van der Waals surface area contributed by atoms with Crippen molar-refractivity contribution in [3.05, 3.63) is 69.9 Å². The van der Waals surface area contributed by atoms with Crippen LogP contribution in [0.3, 0.4) is 0 Å². The lowest BCUT2D eigenvalue weighted by atomic mass is 9.93. The zero-order valence-corrected chi connectivity index (χ0v) is 12.1. The Bertz CT molecular complexity index is 644. The van der Waals surface area contributed by atoms with Crippen LogP contribution in [-0.4, -0.2) is 5.78 Å². The number of nitrogens with zero attached hydrogens (tertiary/aromatic N) is 1. The van der Waals surface area contributed by atoms with Crippen molar-refractivity contribution in [2.24, 2.45) is 0 Å². The number of benzene rings is 2. The smallest absolute Gasteiger partial charge is 0.164 e. The molecule has 100 valence electrons. The highest BCUT2D eigenvalue weighted by molar-refractivity contribution is 9.10. The summed E-state index contributed by atoms with van der Waals surface area (Å²) in [6.07, 6.45) is 0.0871. The molecule has 0 radical (unpaired) electrons. The maximum absolute atomic E-state index is 12.9. The van der Waals surface area contributed by atoms with E-state index in [-0.39, 0.29) is 18.0 Å². The first-order valence-electron chi connectivity index (χ1n) is 6.04. The number of carbonyl (C=O) groups excluding carboxylic acids is 1. The first kappa shape index (κ1) is 14.4. The Morgan fingerprint density at radius 2 is 1.75 bits per heavy atom. The van der Waals surface area contributed by atoms with Gasteiger partial charge < -0.3 is 0 Å². The molecule has 0 saturated heterocycles. The van der Waals surface area contributed by atoms with Crippen LogP contribution in [0.15, 0.2) is 53.0 Å². The minimum Gasteiger partial charge on any atom is -0.294 e. The van der Waals surface area contributed by atoms with Crippen LogP contribution in [-0.2, 0) is 0 Å². The quantitative estimate of drug-likeness (QED) is 0.775. The Morgan fingerprint density at radius 1 is 1.15 bits per heavy atom. The average Bonchev–Trinajstić information content (AvgIpc) is 2.46. The Balaban J connectivity index is 2.14. The third-order valence-corrected chi connectivity index (χ3v) is 3.51. The number of halogens is 2. The van der Waals surface area contributed by atoms with E-state index >= 15 is 0 Å². The first-order valence-corrected chi connectivity index (χ1v) is 6.83. The molecule has 2 nitrogen and oxygen atoms in total. The van der Waals surface area contributed by atoms with E-state index in [0.717, 1.165) is 4.47 Å². The maximum atomic E-state index is 12.9. The van der Waals surface area contributed by atoms with E-state index < -0.39 is 5.92 Å². The number of hydrogen-bond acceptors (Lipinski definition) is 2. The molecule has 0 bridgehead atoms. The lowest BCUT2D eigenvalue weighted by Crippen LogP contribution is -2.06. The van der Waals surface area contributed by atoms with Gasteiger partial charge in [0.05, 0.1) is 12.0 Å². The summed E-state index contributed by atoms with van der Waals surface area (Å²) in [6.45, 7) is 0. The largest absolute Gasteiger partial charge is 0.294 e. The first-order chi connectivity index (χ1) is 9.60. The van der Waals surface area contributed by atoms with Crippen LogP contribution in [0.2, 0.25) is 0 Å². The highest BCUT2D eigenvalue weighted by atomic mass is 79.9. The number of nitriles is 1. The van der Waals surface area contributed by atoms with Gasteiger partial charge in [-0.2, -0.15) is 5.26 Å². The molecule has 0 aromatic heterocycles. The lowest BCUT2D eigenvalue weighted by Gasteiger charge is -2.08. The van der Waals surface area contributed by atoms with E-state index in [1.54, 1.807) is 24.3 Å². The van der Waals surface area contributed by atoms with E-state index in [1.165, 1.54) is 24.3 Å². The van der Waals surface area contributed by atoms with Gasteiger partial charge in [0.15, 0.2) is 5.78 Å². The minimum absolute atomic E-state index is 0.0871. The third kappa shape index (κ3) is 3.52. The van der Waals surface area contributed by atoms with Crippen LogP contribution in [0.1, 0.15) is 28.3 Å². The number of hydrogen-bond donors (Lipinski definition) is 0. The molecule has 0 aliphatic rings. The topological polar surface area (TPSA) is 40.9 Å². The molecule has 20 heavy (non-hydrogen) atoms. The predicted octanol–water partition coefficient (Wildman–Crippen LogP) is 4.47. The number of rotatable bonds is 4. The average molecular weight is 332 g/mol. The summed E-state index contributed by atoms with van der Waals surface area (Å²) in [6, 6.07) is 14.8. The van der Waals surface area contributed by atoms with Gasteiger partial charge in [0.2, 0.25) is 0 Å². The van der Waals surface area contributed by atoms with Crippen molar-refractivity contribution in [2.75, 3.05) is 0 Å². The SMILES string of the molecule is N#C[C@H](CC(=O)c1ccc(Br)cc1)c1ccc(F)cc1. The summed E-state index contributed by atoms with van der Waals surface area (Å²) in [5.74, 6) is -1.02. The fraction of sp³-hybridized carbons (Fsp3) is 0.125. The van der Waals surface area contributed by atoms with Gasteiger partial charge in [-0.1, -0.05) is 40.2 Å². The molecule has 2 rings (SSSR count). The van der Waals surface area contributed by atoms with E-state index in [9.17, 15) is 14.4 Å². The zero-order valence-electron chi connectivity index (χ0n) is 10.5. The lowest BCUT2D eigenvalue weighted by molar-refractivity contribution is 0.0979. The molecule has 0 amide bonds. The Labute approximate surface area is 125 Å². The second-order valence-corrected chi connectivity index (χ2v) is 5.28. The second-order valence-electron chi connectivity index (χ2n) is 4.37. The number of Topliss-reactive ketones (excluding diaryl/α,β-unsaturated/α-hetero) is 1. The van der Waals surface area contributed by atoms with Crippen molar-refractivity contribution in [2.45, 2.75) is 12.3 Å². The molecule has 4 heteroatoms. The van der Waals surface area contributed by atoms with Crippen molar-refractivity contribution in [1.82, 2.24) is 0 Å². The van der Waals surface area contributed by atoms with E-state index in [2.05, 4.69) is 22.0 Å². The summed E-state index contributed by atoms with van der Waals surface area (Å²) >= 11 is 3.30. The van der Waals surface area contributed by atoms with E-state index in [1.807, 2.05) is 0 Å². The van der Waals surface area contributed by atoms with Gasteiger partial charge in [0, 0.05) is 16.5 Å². The van der Waals surface area contributed by atoms with Crippen molar-refractivity contribution >= 4 is 21.7 Å². The highest BCUT2D eigenvalue weighted by Crippen LogP contribution is 2.22. The van der Waals surface area contributed by atoms with Gasteiger partial charge in [-0.25, -0.2) is 4.39 Å². The summed E-state index contributed by atoms with van der Waals surface area (Å²) in [7, 11) is 0. The fourth-order valence-corrected chi connectivity index (χ4v) is 2.14. The van der Waals surface area contributed by atoms with Crippen molar-refractivity contribution < 1.29 is 9.18 Å². The van der Waals surface area contributed by atoms with E-state index in [0.29, 0.717) is 11.1 Å². The van der Waals surface area contributed by atoms with Gasteiger partial charge in [-0.05, 0) is 29.8 Å². The Hall–Kier alpha value is -1.99. The monoisotopic (exact) mass is 331 g/mol. The fourth-order valence-electron chi connectivity index (χ4n) is 1.87. The number of carbonyl (C=O) groups is 1. The van der Waals surface area contributed by atoms with Gasteiger partial charge in [-0.15, -0.1) is 0 Å². The molecule has 0 aliphatic heterocycles. The van der Waals surface area contributed by atoms with Crippen molar-refractivity contribution in [3.63, 3.8) is 0 Å². The molecule has 1 atom stereocenters. The third-order valence-electron chi connectivity index (χ3n) is 2.98. The molecular formula is C16H11BrFNO. The molecule has 0 spiro atoms. The maximum Gasteiger partial charge on any atom is 0.164 e. The predicted molar refractivity (Wildman–Crippen MR) is 77.8 cm³/mol. The Kier molecular flexibility index (Phi) is 4.65. The summed E-state index contributed by atoms with van der Waals surface area (Å²) in [4.78, 5) is 12.1. The molecule has 2 aromatic rings. The van der Waals surface area contributed by atoms with Gasteiger partial charge in [-0.3, -0.25) is 4.79 Å². The van der Waals surface area contributed by atoms with Crippen LogP contribution in [0.25, 0.3) is 0 Å². The second kappa shape index (κ2) is 6.44. The Morgan fingerprint density at radius 3 is 2.30 bits per heavy atom. The summed E-state index contributed by atoms with van der Waals surface area (Å²) < 4.78 is 13.8. The van der Waals surface area contributed by atoms with Gasteiger partial charge >= 0.3 is 0 Å². The van der Waals surface area contributed by atoms with Gasteiger partial charge in [0.1, 0.15) is 5.82 Å². The van der Waals surface area contributed by atoms with Crippen LogP contribution in [0.5, 0.6) is 0 Å². The highest BCUT2D eigenvalue weighted by Gasteiger charge is 2.16. The summed E-state index contributed by atoms with van der Waals surface area (Å²) in [5, 5.41) is 9.19. The molecule has 0 aliphatic carbocycles. The van der Waals surface area contributed by atoms with Crippen LogP contribution in [0, 0.1) is 17.1 Å². The molecule has 0 N–H and O–H groups in total. The molecule has 0 unspecified atom stereocenters. The molecular weight excluding hydrogens is 321 g/mol. The molecule has 2 aromatic carbocycles. The molecule has 0 fully saturated rings. The van der Waals surface area contributed by atoms with Crippen LogP contribution >= 0.6 is 15.9 Å². The zero-order chi connectivity index (χ0) is 14.5. The van der Waals surface area contributed by atoms with Crippen molar-refractivity contribution in [3.8, 4) is 6.07 Å². The van der Waals surface area contributed by atoms with Crippen molar-refractivity contribution in [1.29, 1.82) is 5.26 Å². The molecule has 0 saturated carbocycles. The number of ketones is 1. The summed E-state index contributed by atoms with van der Waals surface area (Å²) in [5.41, 5.74) is 1.22. The van der Waals surface area contributed by atoms with E-state index in [4.69, 9.17) is 0 Å². The van der Waals surface area contributed by atoms with Gasteiger partial charge in [0.25, 0.3) is 0 Å².